The van der Waals surface area contributed by atoms with Gasteiger partial charge in [0.05, 0.1) is 11.7 Å². The van der Waals surface area contributed by atoms with Gasteiger partial charge in [-0.15, -0.1) is 11.3 Å². The van der Waals surface area contributed by atoms with Gasteiger partial charge in [-0.3, -0.25) is 0 Å². The fraction of sp³-hybridized carbons (Fsp3) is 0.235. The average Bonchev–Trinajstić information content (AvgIpc) is 3.16. The smallest absolute Gasteiger partial charge is 0.125 e. The molecule has 1 unspecified atom stereocenters. The van der Waals surface area contributed by atoms with Crippen molar-refractivity contribution in [1.82, 2.24) is 9.78 Å². The number of thiophene rings is 1. The molecule has 0 spiro atoms. The van der Waals surface area contributed by atoms with Crippen LogP contribution in [0.15, 0.2) is 47.8 Å². The highest BCUT2D eigenvalue weighted by atomic mass is 32.1. The molecule has 0 saturated carbocycles. The van der Waals surface area contributed by atoms with Crippen molar-refractivity contribution in [3.8, 4) is 11.3 Å². The van der Waals surface area contributed by atoms with E-state index in [1.54, 1.807) is 0 Å². The van der Waals surface area contributed by atoms with Gasteiger partial charge in [-0.05, 0) is 30.4 Å². The molecule has 4 heteroatoms. The minimum Gasteiger partial charge on any atom is -0.370 e. The molecule has 3 nitrogen and oxygen atoms in total. The van der Waals surface area contributed by atoms with Crippen LogP contribution < -0.4 is 5.32 Å². The van der Waals surface area contributed by atoms with E-state index in [-0.39, 0.29) is 0 Å². The van der Waals surface area contributed by atoms with E-state index in [1.807, 2.05) is 11.3 Å². The van der Waals surface area contributed by atoms with Gasteiger partial charge in [0.1, 0.15) is 5.82 Å². The van der Waals surface area contributed by atoms with Gasteiger partial charge in [-0.25, -0.2) is 4.68 Å². The van der Waals surface area contributed by atoms with Gasteiger partial charge in [0, 0.05) is 23.1 Å². The van der Waals surface area contributed by atoms with Crippen LogP contribution in [0.5, 0.6) is 0 Å². The van der Waals surface area contributed by atoms with E-state index in [0.717, 1.165) is 24.5 Å². The van der Waals surface area contributed by atoms with Gasteiger partial charge in [0.2, 0.25) is 0 Å². The second-order valence-corrected chi connectivity index (χ2v) is 6.40. The molecule has 1 N–H and O–H groups in total. The highest BCUT2D eigenvalue weighted by molar-refractivity contribution is 7.10. The van der Waals surface area contributed by atoms with Crippen molar-refractivity contribution in [3.63, 3.8) is 0 Å². The van der Waals surface area contributed by atoms with E-state index >= 15 is 0 Å². The molecular formula is C17H17N3S. The van der Waals surface area contributed by atoms with Crippen LogP contribution >= 0.6 is 11.3 Å². The number of nitrogens with zero attached hydrogens (tertiary/aromatic N) is 2. The number of fused-ring (bicyclic) bond motifs is 1. The van der Waals surface area contributed by atoms with Crippen LogP contribution in [0.25, 0.3) is 11.3 Å². The minimum atomic E-state index is 0.360. The Hall–Kier alpha value is -2.07. The molecule has 1 atom stereocenters. The normalized spacial score (nSPS) is 17.3. The summed E-state index contributed by atoms with van der Waals surface area (Å²) in [4.78, 5) is 1.39. The fourth-order valence-corrected chi connectivity index (χ4v) is 3.81. The van der Waals surface area contributed by atoms with E-state index in [0.29, 0.717) is 6.04 Å². The topological polar surface area (TPSA) is 29.9 Å². The average molecular weight is 295 g/mol. The number of rotatable bonds is 2. The third kappa shape index (κ3) is 2.16. The van der Waals surface area contributed by atoms with E-state index < -0.39 is 0 Å². The molecular weight excluding hydrogens is 278 g/mol. The standard InChI is InChI=1S/C17H17N3S/c1-12-5-2-3-6-13(12)14-11-17-18-9-8-15(20(17)19-14)16-7-4-10-21-16/h2-7,10-11,15,18H,8-9H2,1H3. The van der Waals surface area contributed by atoms with Crippen LogP contribution in [-0.2, 0) is 0 Å². The molecule has 0 fully saturated rings. The summed E-state index contributed by atoms with van der Waals surface area (Å²) in [6.45, 7) is 3.14. The molecule has 1 aliphatic heterocycles. The fourth-order valence-electron chi connectivity index (χ4n) is 2.96. The summed E-state index contributed by atoms with van der Waals surface area (Å²) in [5.41, 5.74) is 3.53. The Morgan fingerprint density at radius 2 is 2.14 bits per heavy atom. The molecule has 2 aromatic heterocycles. The van der Waals surface area contributed by atoms with Gasteiger partial charge >= 0.3 is 0 Å². The summed E-state index contributed by atoms with van der Waals surface area (Å²) in [5, 5.41) is 10.5. The lowest BCUT2D eigenvalue weighted by Crippen LogP contribution is -2.23. The van der Waals surface area contributed by atoms with Crippen LogP contribution in [0.3, 0.4) is 0 Å². The van der Waals surface area contributed by atoms with Gasteiger partial charge < -0.3 is 5.32 Å². The van der Waals surface area contributed by atoms with Crippen molar-refractivity contribution in [1.29, 1.82) is 0 Å². The van der Waals surface area contributed by atoms with Crippen molar-refractivity contribution >= 4 is 17.2 Å². The Kier molecular flexibility index (Phi) is 3.04. The molecule has 3 aromatic rings. The van der Waals surface area contributed by atoms with E-state index in [2.05, 4.69) is 64.8 Å². The lowest BCUT2D eigenvalue weighted by Gasteiger charge is -2.24. The van der Waals surface area contributed by atoms with Gasteiger partial charge in [0.15, 0.2) is 0 Å². The molecule has 1 aromatic carbocycles. The predicted octanol–water partition coefficient (Wildman–Crippen LogP) is 4.33. The van der Waals surface area contributed by atoms with Crippen molar-refractivity contribution in [2.75, 3.05) is 11.9 Å². The number of benzene rings is 1. The predicted molar refractivity (Wildman–Crippen MR) is 88.0 cm³/mol. The summed E-state index contributed by atoms with van der Waals surface area (Å²) < 4.78 is 2.15. The number of nitrogens with one attached hydrogen (secondary N) is 1. The first-order chi connectivity index (χ1) is 10.3. The Bertz CT molecular complexity index is 758. The lowest BCUT2D eigenvalue weighted by molar-refractivity contribution is 0.490. The van der Waals surface area contributed by atoms with Crippen LogP contribution in [0.4, 0.5) is 5.82 Å². The molecule has 3 heterocycles. The summed E-state index contributed by atoms with van der Waals surface area (Å²) in [6.07, 6.45) is 1.09. The van der Waals surface area contributed by atoms with Crippen LogP contribution in [0.1, 0.15) is 22.9 Å². The number of hydrogen-bond acceptors (Lipinski definition) is 3. The maximum atomic E-state index is 4.88. The summed E-state index contributed by atoms with van der Waals surface area (Å²) in [7, 11) is 0. The monoisotopic (exact) mass is 295 g/mol. The molecule has 0 bridgehead atoms. The van der Waals surface area contributed by atoms with Crippen molar-refractivity contribution in [2.24, 2.45) is 0 Å². The van der Waals surface area contributed by atoms with Crippen LogP contribution in [-0.4, -0.2) is 16.3 Å². The molecule has 21 heavy (non-hydrogen) atoms. The Morgan fingerprint density at radius 1 is 1.24 bits per heavy atom. The van der Waals surface area contributed by atoms with Gasteiger partial charge in [0.25, 0.3) is 0 Å². The van der Waals surface area contributed by atoms with Crippen LogP contribution in [0.2, 0.25) is 0 Å². The first-order valence-corrected chi connectivity index (χ1v) is 8.14. The van der Waals surface area contributed by atoms with E-state index in [1.165, 1.54) is 16.0 Å². The quantitative estimate of drug-likeness (QED) is 0.763. The van der Waals surface area contributed by atoms with E-state index in [4.69, 9.17) is 5.10 Å². The molecule has 4 rings (SSSR count). The second-order valence-electron chi connectivity index (χ2n) is 5.42. The number of anilines is 1. The third-order valence-electron chi connectivity index (χ3n) is 4.05. The molecule has 0 saturated heterocycles. The summed E-state index contributed by atoms with van der Waals surface area (Å²) >= 11 is 1.81. The molecule has 106 valence electrons. The van der Waals surface area contributed by atoms with Crippen LogP contribution in [0, 0.1) is 6.92 Å². The number of hydrogen-bond donors (Lipinski definition) is 1. The van der Waals surface area contributed by atoms with Gasteiger partial charge in [-0.1, -0.05) is 30.3 Å². The molecule has 0 aliphatic carbocycles. The SMILES string of the molecule is Cc1ccccc1-c1cc2n(n1)C(c1cccs1)CCN2. The Labute approximate surface area is 128 Å². The summed E-state index contributed by atoms with van der Waals surface area (Å²) in [6, 6.07) is 15.3. The molecule has 0 amide bonds. The highest BCUT2D eigenvalue weighted by Gasteiger charge is 2.24. The largest absolute Gasteiger partial charge is 0.370 e. The highest BCUT2D eigenvalue weighted by Crippen LogP contribution is 2.34. The third-order valence-corrected chi connectivity index (χ3v) is 5.02. The number of aromatic nitrogens is 2. The maximum Gasteiger partial charge on any atom is 0.125 e. The van der Waals surface area contributed by atoms with Crippen molar-refractivity contribution in [3.05, 3.63) is 58.3 Å². The first kappa shape index (κ1) is 12.7. The summed E-state index contributed by atoms with van der Waals surface area (Å²) in [5.74, 6) is 1.12. The molecule has 1 aliphatic rings. The van der Waals surface area contributed by atoms with Crippen molar-refractivity contribution < 1.29 is 0 Å². The zero-order valence-corrected chi connectivity index (χ0v) is 12.7. The molecule has 0 radical (unpaired) electrons. The first-order valence-electron chi connectivity index (χ1n) is 7.26. The number of aryl methyl sites for hydroxylation is 1. The zero-order valence-electron chi connectivity index (χ0n) is 11.9. The Balaban J connectivity index is 1.80. The van der Waals surface area contributed by atoms with E-state index in [9.17, 15) is 0 Å². The lowest BCUT2D eigenvalue weighted by atomic mass is 10.1. The van der Waals surface area contributed by atoms with Gasteiger partial charge in [-0.2, -0.15) is 5.10 Å². The maximum absolute atomic E-state index is 4.88. The van der Waals surface area contributed by atoms with Crippen molar-refractivity contribution in [2.45, 2.75) is 19.4 Å². The Morgan fingerprint density at radius 3 is 2.95 bits per heavy atom. The minimum absolute atomic E-state index is 0.360. The second kappa shape index (κ2) is 5.04. The zero-order chi connectivity index (χ0) is 14.2.